The maximum Gasteiger partial charge on any atom is 0.243 e. The molecule has 0 spiro atoms. The van der Waals surface area contributed by atoms with E-state index < -0.39 is 0 Å². The summed E-state index contributed by atoms with van der Waals surface area (Å²) in [6, 6.07) is 3.63. The van der Waals surface area contributed by atoms with Gasteiger partial charge in [0.15, 0.2) is 0 Å². The van der Waals surface area contributed by atoms with Gasteiger partial charge in [-0.15, -0.1) is 0 Å². The van der Waals surface area contributed by atoms with Gasteiger partial charge < -0.3 is 4.42 Å². The number of hydrogen-bond acceptors (Lipinski definition) is 3. The molecule has 0 aliphatic rings. The fourth-order valence-corrected chi connectivity index (χ4v) is 0.856. The molecule has 0 unspecified atom stereocenters. The molecule has 0 bridgehead atoms. The molecule has 0 atom stereocenters. The Labute approximate surface area is 70.5 Å². The molecule has 1 aromatic heterocycles. The average Bonchev–Trinajstić information content (AvgIpc) is 2.53. The molecule has 0 aliphatic carbocycles. The van der Waals surface area contributed by atoms with E-state index in [9.17, 15) is 4.79 Å². The van der Waals surface area contributed by atoms with Gasteiger partial charge in [0.1, 0.15) is 5.76 Å². The highest BCUT2D eigenvalue weighted by Gasteiger charge is 2.02. The van der Waals surface area contributed by atoms with Crippen LogP contribution < -0.4 is 5.48 Å². The van der Waals surface area contributed by atoms with E-state index in [1.54, 1.807) is 12.3 Å². The molecule has 1 aromatic rings. The van der Waals surface area contributed by atoms with Crippen LogP contribution in [0.5, 0.6) is 0 Å². The highest BCUT2D eigenvalue weighted by atomic mass is 16.6. The molecule has 0 saturated heterocycles. The van der Waals surface area contributed by atoms with Crippen molar-refractivity contribution in [1.82, 2.24) is 5.48 Å². The first kappa shape index (κ1) is 8.80. The Bertz CT molecular complexity index is 230. The van der Waals surface area contributed by atoms with E-state index in [2.05, 4.69) is 10.3 Å². The summed E-state index contributed by atoms with van der Waals surface area (Å²) in [6.07, 6.45) is 2.56. The van der Waals surface area contributed by atoms with Gasteiger partial charge in [-0.05, 0) is 12.1 Å². The van der Waals surface area contributed by atoms with Gasteiger partial charge in [-0.1, -0.05) is 0 Å². The first-order valence-corrected chi connectivity index (χ1v) is 3.67. The maximum absolute atomic E-state index is 10.9. The summed E-state index contributed by atoms with van der Waals surface area (Å²) >= 11 is 0. The molecule has 0 saturated carbocycles. The van der Waals surface area contributed by atoms with Crippen molar-refractivity contribution in [3.8, 4) is 0 Å². The van der Waals surface area contributed by atoms with E-state index in [0.717, 1.165) is 5.76 Å². The lowest BCUT2D eigenvalue weighted by Crippen LogP contribution is -2.21. The van der Waals surface area contributed by atoms with Crippen molar-refractivity contribution in [1.29, 1.82) is 0 Å². The van der Waals surface area contributed by atoms with Crippen LogP contribution in [0.2, 0.25) is 0 Å². The highest BCUT2D eigenvalue weighted by molar-refractivity contribution is 5.74. The topological polar surface area (TPSA) is 51.5 Å². The number of aryl methyl sites for hydroxylation is 1. The molecule has 0 aliphatic heterocycles. The number of carbonyl (C=O) groups excluding carboxylic acids is 1. The van der Waals surface area contributed by atoms with Gasteiger partial charge in [0.25, 0.3) is 0 Å². The number of hydroxylamine groups is 1. The number of carbonyl (C=O) groups is 1. The average molecular weight is 169 g/mol. The normalized spacial score (nSPS) is 9.75. The Morgan fingerprint density at radius 2 is 2.58 bits per heavy atom. The van der Waals surface area contributed by atoms with E-state index in [4.69, 9.17) is 4.42 Å². The Hall–Kier alpha value is -1.29. The van der Waals surface area contributed by atoms with Crippen molar-refractivity contribution < 1.29 is 14.0 Å². The fraction of sp³-hybridized carbons (Fsp3) is 0.375. The van der Waals surface area contributed by atoms with E-state index in [1.807, 2.05) is 6.07 Å². The summed E-state index contributed by atoms with van der Waals surface area (Å²) < 4.78 is 5.04. The summed E-state index contributed by atoms with van der Waals surface area (Å²) in [5.74, 6) is 0.662. The molecular weight excluding hydrogens is 158 g/mol. The van der Waals surface area contributed by atoms with Gasteiger partial charge in [0.05, 0.1) is 13.4 Å². The Morgan fingerprint density at radius 1 is 1.75 bits per heavy atom. The van der Waals surface area contributed by atoms with Crippen molar-refractivity contribution in [3.63, 3.8) is 0 Å². The minimum absolute atomic E-state index is 0.145. The quantitative estimate of drug-likeness (QED) is 0.681. The lowest BCUT2D eigenvalue weighted by Gasteiger charge is -1.99. The molecular formula is C8H11NO3. The molecule has 4 heteroatoms. The Morgan fingerprint density at radius 3 is 3.17 bits per heavy atom. The summed E-state index contributed by atoms with van der Waals surface area (Å²) in [4.78, 5) is 15.3. The predicted octanol–water partition coefficient (Wildman–Crippen LogP) is 0.890. The Kier molecular flexibility index (Phi) is 3.35. The second-order valence-electron chi connectivity index (χ2n) is 2.31. The van der Waals surface area contributed by atoms with Crippen molar-refractivity contribution >= 4 is 5.91 Å². The largest absolute Gasteiger partial charge is 0.469 e. The summed E-state index contributed by atoms with van der Waals surface area (Å²) in [7, 11) is 1.41. The number of rotatable bonds is 4. The summed E-state index contributed by atoms with van der Waals surface area (Å²) in [5, 5.41) is 0. The predicted molar refractivity (Wildman–Crippen MR) is 42.2 cm³/mol. The van der Waals surface area contributed by atoms with Crippen molar-refractivity contribution in [3.05, 3.63) is 24.2 Å². The molecule has 1 amide bonds. The van der Waals surface area contributed by atoms with Gasteiger partial charge in [-0.25, -0.2) is 5.48 Å². The zero-order chi connectivity index (χ0) is 8.81. The Balaban J connectivity index is 2.22. The SMILES string of the molecule is CONC(=O)CCc1ccco1. The number of amides is 1. The fourth-order valence-electron chi connectivity index (χ4n) is 0.856. The molecule has 0 aromatic carbocycles. The summed E-state index contributed by atoms with van der Waals surface area (Å²) in [5.41, 5.74) is 2.23. The first-order valence-electron chi connectivity index (χ1n) is 3.67. The molecule has 1 heterocycles. The smallest absolute Gasteiger partial charge is 0.243 e. The van der Waals surface area contributed by atoms with Gasteiger partial charge >= 0.3 is 0 Å². The lowest BCUT2D eigenvalue weighted by atomic mass is 10.2. The van der Waals surface area contributed by atoms with Crippen molar-refractivity contribution in [2.75, 3.05) is 7.11 Å². The third kappa shape index (κ3) is 2.75. The van der Waals surface area contributed by atoms with Gasteiger partial charge in [0.2, 0.25) is 5.91 Å². The van der Waals surface area contributed by atoms with Crippen molar-refractivity contribution in [2.24, 2.45) is 0 Å². The number of furan rings is 1. The maximum atomic E-state index is 10.9. The van der Waals surface area contributed by atoms with E-state index in [0.29, 0.717) is 12.8 Å². The lowest BCUT2D eigenvalue weighted by molar-refractivity contribution is -0.131. The van der Waals surface area contributed by atoms with Crippen LogP contribution in [-0.4, -0.2) is 13.0 Å². The molecule has 0 radical (unpaired) electrons. The van der Waals surface area contributed by atoms with Crippen LogP contribution in [-0.2, 0) is 16.1 Å². The second kappa shape index (κ2) is 4.56. The monoisotopic (exact) mass is 169 g/mol. The first-order chi connectivity index (χ1) is 5.83. The third-order valence-electron chi connectivity index (χ3n) is 1.39. The van der Waals surface area contributed by atoms with Gasteiger partial charge in [-0.2, -0.15) is 0 Å². The molecule has 12 heavy (non-hydrogen) atoms. The van der Waals surface area contributed by atoms with Crippen LogP contribution in [0, 0.1) is 0 Å². The molecule has 1 rings (SSSR count). The minimum Gasteiger partial charge on any atom is -0.469 e. The van der Waals surface area contributed by atoms with Crippen LogP contribution in [0.25, 0.3) is 0 Å². The van der Waals surface area contributed by atoms with E-state index in [-0.39, 0.29) is 5.91 Å². The minimum atomic E-state index is -0.145. The van der Waals surface area contributed by atoms with Crippen LogP contribution >= 0.6 is 0 Å². The third-order valence-corrected chi connectivity index (χ3v) is 1.39. The van der Waals surface area contributed by atoms with Gasteiger partial charge in [-0.3, -0.25) is 9.63 Å². The van der Waals surface area contributed by atoms with E-state index in [1.165, 1.54) is 7.11 Å². The van der Waals surface area contributed by atoms with E-state index >= 15 is 0 Å². The highest BCUT2D eigenvalue weighted by Crippen LogP contribution is 2.02. The molecule has 1 N–H and O–H groups in total. The standard InChI is InChI=1S/C8H11NO3/c1-11-9-8(10)5-4-7-3-2-6-12-7/h2-3,6H,4-5H2,1H3,(H,9,10). The zero-order valence-corrected chi connectivity index (χ0v) is 6.87. The van der Waals surface area contributed by atoms with Gasteiger partial charge in [0, 0.05) is 12.8 Å². The second-order valence-corrected chi connectivity index (χ2v) is 2.31. The molecule has 0 fully saturated rings. The number of nitrogens with one attached hydrogen (secondary N) is 1. The van der Waals surface area contributed by atoms with Crippen LogP contribution in [0.3, 0.4) is 0 Å². The van der Waals surface area contributed by atoms with Crippen LogP contribution in [0.4, 0.5) is 0 Å². The van der Waals surface area contributed by atoms with Crippen LogP contribution in [0.15, 0.2) is 22.8 Å². The number of hydrogen-bond donors (Lipinski definition) is 1. The molecule has 4 nitrogen and oxygen atoms in total. The zero-order valence-electron chi connectivity index (χ0n) is 6.87. The van der Waals surface area contributed by atoms with Crippen LogP contribution in [0.1, 0.15) is 12.2 Å². The van der Waals surface area contributed by atoms with Crippen molar-refractivity contribution in [2.45, 2.75) is 12.8 Å². The molecule has 66 valence electrons. The summed E-state index contributed by atoms with van der Waals surface area (Å²) in [6.45, 7) is 0.